The number of nitrogens with one attached hydrogen (secondary N) is 1. The van der Waals surface area contributed by atoms with Gasteiger partial charge in [-0.2, -0.15) is 15.0 Å². The Balaban J connectivity index is 1.70. The molecule has 0 unspecified atom stereocenters. The first-order valence-electron chi connectivity index (χ1n) is 7.75. The van der Waals surface area contributed by atoms with Gasteiger partial charge in [-0.05, 0) is 43.3 Å². The van der Waals surface area contributed by atoms with Crippen molar-refractivity contribution in [3.63, 3.8) is 0 Å². The first-order chi connectivity index (χ1) is 12.4. The van der Waals surface area contributed by atoms with Gasteiger partial charge in [0.25, 0.3) is 0 Å². The molecule has 1 aromatic carbocycles. The van der Waals surface area contributed by atoms with Gasteiger partial charge in [0.15, 0.2) is 12.4 Å². The van der Waals surface area contributed by atoms with Gasteiger partial charge in [0.2, 0.25) is 11.9 Å². The van der Waals surface area contributed by atoms with Crippen LogP contribution in [-0.2, 0) is 18.4 Å². The lowest BCUT2D eigenvalue weighted by molar-refractivity contribution is 0.0450. The Bertz CT molecular complexity index is 939. The van der Waals surface area contributed by atoms with Crippen LogP contribution in [0.5, 0.6) is 0 Å². The van der Waals surface area contributed by atoms with E-state index in [1.807, 2.05) is 13.0 Å². The number of nitrogens with zero attached hydrogens (tertiary/aromatic N) is 4. The average Bonchev–Trinajstić information content (AvgIpc) is 2.94. The number of hydrogen-bond acceptors (Lipinski definition) is 7. The lowest BCUT2D eigenvalue weighted by atomic mass is 10.3. The van der Waals surface area contributed by atoms with Crippen molar-refractivity contribution in [2.45, 2.75) is 13.5 Å². The van der Waals surface area contributed by atoms with E-state index in [0.29, 0.717) is 11.4 Å². The summed E-state index contributed by atoms with van der Waals surface area (Å²) >= 11 is 0. The molecule has 8 nitrogen and oxygen atoms in total. The van der Waals surface area contributed by atoms with Crippen LogP contribution in [-0.4, -0.2) is 25.5 Å². The zero-order valence-electron chi connectivity index (χ0n) is 14.2. The molecule has 0 spiro atoms. The Labute approximate surface area is 148 Å². The first kappa shape index (κ1) is 17.3. The van der Waals surface area contributed by atoms with Gasteiger partial charge in [0.1, 0.15) is 11.5 Å². The number of esters is 1. The minimum absolute atomic E-state index is 0.0228. The van der Waals surface area contributed by atoms with Crippen LogP contribution in [0, 0.1) is 12.7 Å². The van der Waals surface area contributed by atoms with Crippen LogP contribution >= 0.6 is 0 Å². The fourth-order valence-electron chi connectivity index (χ4n) is 2.24. The maximum atomic E-state index is 13.0. The molecular formula is C17H17FN6O2. The minimum Gasteiger partial charge on any atom is -0.453 e. The van der Waals surface area contributed by atoms with Gasteiger partial charge >= 0.3 is 5.97 Å². The predicted molar refractivity (Wildman–Crippen MR) is 93.2 cm³/mol. The number of rotatable bonds is 5. The van der Waals surface area contributed by atoms with Crippen LogP contribution in [0.4, 0.5) is 22.0 Å². The highest BCUT2D eigenvalue weighted by Gasteiger charge is 2.14. The number of aryl methyl sites for hydroxylation is 1. The molecule has 0 fully saturated rings. The summed E-state index contributed by atoms with van der Waals surface area (Å²) in [6, 6.07) is 9.18. The van der Waals surface area contributed by atoms with Gasteiger partial charge in [-0.3, -0.25) is 0 Å². The van der Waals surface area contributed by atoms with Gasteiger partial charge < -0.3 is 20.4 Å². The summed E-state index contributed by atoms with van der Waals surface area (Å²) in [6.45, 7) is 1.73. The molecule has 26 heavy (non-hydrogen) atoms. The molecule has 0 aliphatic carbocycles. The Morgan fingerprint density at radius 2 is 1.92 bits per heavy atom. The third kappa shape index (κ3) is 3.94. The van der Waals surface area contributed by atoms with Crippen molar-refractivity contribution in [3.05, 3.63) is 59.4 Å². The molecule has 0 radical (unpaired) electrons. The third-order valence-corrected chi connectivity index (χ3v) is 3.71. The van der Waals surface area contributed by atoms with E-state index in [2.05, 4.69) is 20.3 Å². The Morgan fingerprint density at radius 3 is 2.58 bits per heavy atom. The van der Waals surface area contributed by atoms with Crippen LogP contribution in [0.3, 0.4) is 0 Å². The molecule has 134 valence electrons. The second kappa shape index (κ2) is 7.18. The van der Waals surface area contributed by atoms with Crippen LogP contribution in [0.1, 0.15) is 22.0 Å². The summed E-state index contributed by atoms with van der Waals surface area (Å²) in [4.78, 5) is 24.2. The van der Waals surface area contributed by atoms with Gasteiger partial charge in [-0.1, -0.05) is 0 Å². The summed E-state index contributed by atoms with van der Waals surface area (Å²) in [5.41, 5.74) is 7.62. The van der Waals surface area contributed by atoms with Gasteiger partial charge in [-0.15, -0.1) is 0 Å². The number of nitrogens with two attached hydrogens (primary N) is 1. The van der Waals surface area contributed by atoms with Crippen molar-refractivity contribution < 1.29 is 13.9 Å². The van der Waals surface area contributed by atoms with E-state index >= 15 is 0 Å². The van der Waals surface area contributed by atoms with Crippen molar-refractivity contribution in [1.29, 1.82) is 0 Å². The minimum atomic E-state index is -0.493. The van der Waals surface area contributed by atoms with E-state index in [9.17, 15) is 9.18 Å². The number of nitrogen functional groups attached to an aromatic ring is 1. The zero-order valence-corrected chi connectivity index (χ0v) is 14.2. The molecule has 2 heterocycles. The lowest BCUT2D eigenvalue weighted by Gasteiger charge is -2.08. The number of halogens is 1. The SMILES string of the molecule is Cc1ccc(C(=O)OCc2nc(N)nc(Nc3ccc(F)cc3)n2)n1C. The number of carbonyl (C=O) groups is 1. The summed E-state index contributed by atoms with van der Waals surface area (Å²) in [6.07, 6.45) is 0. The number of carbonyl (C=O) groups excluding carboxylic acids is 1. The summed E-state index contributed by atoms with van der Waals surface area (Å²) in [5, 5.41) is 2.89. The van der Waals surface area contributed by atoms with Crippen LogP contribution < -0.4 is 11.1 Å². The molecule has 0 saturated heterocycles. The van der Waals surface area contributed by atoms with Gasteiger partial charge in [-0.25, -0.2) is 9.18 Å². The molecule has 9 heteroatoms. The maximum Gasteiger partial charge on any atom is 0.355 e. The average molecular weight is 356 g/mol. The number of benzene rings is 1. The predicted octanol–water partition coefficient (Wildman–Crippen LogP) is 2.34. The highest BCUT2D eigenvalue weighted by atomic mass is 19.1. The Kier molecular flexibility index (Phi) is 4.78. The number of anilines is 3. The van der Waals surface area contributed by atoms with E-state index in [1.54, 1.807) is 17.7 Å². The summed E-state index contributed by atoms with van der Waals surface area (Å²) in [5.74, 6) is -0.501. The standard InChI is InChI=1S/C17H17FN6O2/c1-10-3-8-13(24(10)2)15(25)26-9-14-21-16(19)23-17(22-14)20-12-6-4-11(18)5-7-12/h3-8H,9H2,1-2H3,(H3,19,20,21,22,23). The molecule has 3 aromatic rings. The fraction of sp³-hybridized carbons (Fsp3) is 0.176. The maximum absolute atomic E-state index is 13.0. The second-order valence-corrected chi connectivity index (χ2v) is 5.56. The van der Waals surface area contributed by atoms with Gasteiger partial charge in [0, 0.05) is 18.4 Å². The largest absolute Gasteiger partial charge is 0.453 e. The number of hydrogen-bond donors (Lipinski definition) is 2. The summed E-state index contributed by atoms with van der Waals surface area (Å²) in [7, 11) is 1.78. The molecule has 2 aromatic heterocycles. The van der Waals surface area contributed by atoms with E-state index in [1.165, 1.54) is 24.3 Å². The molecule has 0 aliphatic heterocycles. The first-order valence-corrected chi connectivity index (χ1v) is 7.75. The normalized spacial score (nSPS) is 10.6. The van der Waals surface area contributed by atoms with Crippen LogP contribution in [0.2, 0.25) is 0 Å². The Morgan fingerprint density at radius 1 is 1.19 bits per heavy atom. The monoisotopic (exact) mass is 356 g/mol. The fourth-order valence-corrected chi connectivity index (χ4v) is 2.24. The second-order valence-electron chi connectivity index (χ2n) is 5.56. The van der Waals surface area contributed by atoms with Crippen molar-refractivity contribution in [2.75, 3.05) is 11.1 Å². The Hall–Kier alpha value is -3.49. The molecule has 3 rings (SSSR count). The molecular weight excluding hydrogens is 339 g/mol. The molecule has 0 saturated carbocycles. The molecule has 3 N–H and O–H groups in total. The smallest absolute Gasteiger partial charge is 0.355 e. The summed E-state index contributed by atoms with van der Waals surface area (Å²) < 4.78 is 19.9. The highest BCUT2D eigenvalue weighted by Crippen LogP contribution is 2.15. The third-order valence-electron chi connectivity index (χ3n) is 3.71. The van der Waals surface area contributed by atoms with Crippen LogP contribution in [0.15, 0.2) is 36.4 Å². The number of aromatic nitrogens is 4. The molecule has 0 amide bonds. The highest BCUT2D eigenvalue weighted by molar-refractivity contribution is 5.87. The van der Waals surface area contributed by atoms with E-state index in [4.69, 9.17) is 10.5 Å². The van der Waals surface area contributed by atoms with Crippen molar-refractivity contribution in [1.82, 2.24) is 19.5 Å². The quantitative estimate of drug-likeness (QED) is 0.676. The van der Waals surface area contributed by atoms with Gasteiger partial charge in [0.05, 0.1) is 0 Å². The van der Waals surface area contributed by atoms with Crippen molar-refractivity contribution in [3.8, 4) is 0 Å². The van der Waals surface area contributed by atoms with Crippen LogP contribution in [0.25, 0.3) is 0 Å². The molecule has 0 atom stereocenters. The number of ether oxygens (including phenoxy) is 1. The van der Waals surface area contributed by atoms with E-state index in [0.717, 1.165) is 5.69 Å². The molecule has 0 aliphatic rings. The topological polar surface area (TPSA) is 108 Å². The molecule has 0 bridgehead atoms. The lowest BCUT2D eigenvalue weighted by Crippen LogP contribution is -2.13. The van der Waals surface area contributed by atoms with Crippen molar-refractivity contribution >= 4 is 23.6 Å². The zero-order chi connectivity index (χ0) is 18.7. The van der Waals surface area contributed by atoms with E-state index in [-0.39, 0.29) is 30.1 Å². The van der Waals surface area contributed by atoms with E-state index < -0.39 is 5.97 Å². The van der Waals surface area contributed by atoms with Crippen molar-refractivity contribution in [2.24, 2.45) is 7.05 Å².